The number of ether oxygens (including phenoxy) is 1. The van der Waals surface area contributed by atoms with Crippen LogP contribution in [0.5, 0.6) is 0 Å². The molecular weight excluding hydrogens is 340 g/mol. The second kappa shape index (κ2) is 6.57. The summed E-state index contributed by atoms with van der Waals surface area (Å²) >= 11 is 0. The van der Waals surface area contributed by atoms with Crippen molar-refractivity contribution in [2.75, 3.05) is 27.2 Å². The molecule has 0 bridgehead atoms. The number of esters is 1. The van der Waals surface area contributed by atoms with Crippen LogP contribution in [-0.2, 0) is 15.1 Å². The Kier molecular flexibility index (Phi) is 4.86. The van der Waals surface area contributed by atoms with Gasteiger partial charge in [-0.25, -0.2) is 13.6 Å². The zero-order valence-electron chi connectivity index (χ0n) is 15.7. The van der Waals surface area contributed by atoms with Crippen LogP contribution in [0.3, 0.4) is 0 Å². The Morgan fingerprint density at radius 3 is 2.42 bits per heavy atom. The lowest BCUT2D eigenvalue weighted by atomic mass is 9.79. The fourth-order valence-electron chi connectivity index (χ4n) is 4.20. The standard InChI is InChI=1S/C20H28F2NO3/c1-14-4-6-15(7-5-14)20(25,16-8-10-19(21,22)12-16)18(24)26-17-9-11-23(2,3)13-17/h4-7,16-17,25H,8-13H2,1-3H3/q+1/t16-,17-,20+/m1/s1. The zero-order valence-corrected chi connectivity index (χ0v) is 15.7. The lowest BCUT2D eigenvalue weighted by Crippen LogP contribution is -2.46. The van der Waals surface area contributed by atoms with Crippen LogP contribution in [0.15, 0.2) is 24.3 Å². The Morgan fingerprint density at radius 2 is 1.92 bits per heavy atom. The third kappa shape index (κ3) is 3.76. The number of carbonyl (C=O) groups is 1. The number of quaternary nitrogens is 1. The molecule has 1 saturated heterocycles. The Balaban J connectivity index is 1.87. The molecule has 1 aliphatic carbocycles. The number of nitrogens with zero attached hydrogens (tertiary/aromatic N) is 1. The monoisotopic (exact) mass is 368 g/mol. The summed E-state index contributed by atoms with van der Waals surface area (Å²) in [5, 5.41) is 11.4. The topological polar surface area (TPSA) is 46.5 Å². The molecule has 1 aliphatic heterocycles. The van der Waals surface area contributed by atoms with E-state index in [0.29, 0.717) is 18.5 Å². The van der Waals surface area contributed by atoms with Gasteiger partial charge in [-0.15, -0.1) is 0 Å². The van der Waals surface area contributed by atoms with Crippen molar-refractivity contribution in [3.8, 4) is 0 Å². The highest BCUT2D eigenvalue weighted by molar-refractivity contribution is 5.82. The van der Waals surface area contributed by atoms with E-state index in [1.54, 1.807) is 24.3 Å². The number of likely N-dealkylation sites (tertiary alicyclic amines) is 1. The van der Waals surface area contributed by atoms with E-state index in [-0.39, 0.29) is 18.9 Å². The first-order chi connectivity index (χ1) is 12.0. The predicted molar refractivity (Wildman–Crippen MR) is 93.7 cm³/mol. The molecular formula is C20H28F2NO3+. The van der Waals surface area contributed by atoms with E-state index in [2.05, 4.69) is 14.1 Å². The van der Waals surface area contributed by atoms with E-state index >= 15 is 0 Å². The molecule has 1 heterocycles. The number of carbonyl (C=O) groups excluding carboxylic acids is 1. The number of aliphatic hydroxyl groups is 1. The molecule has 26 heavy (non-hydrogen) atoms. The van der Waals surface area contributed by atoms with Crippen molar-refractivity contribution >= 4 is 5.97 Å². The second-order valence-electron chi connectivity index (χ2n) is 8.59. The van der Waals surface area contributed by atoms with E-state index in [0.717, 1.165) is 16.6 Å². The average Bonchev–Trinajstić information content (AvgIpc) is 3.08. The highest BCUT2D eigenvalue weighted by Crippen LogP contribution is 2.48. The molecule has 0 radical (unpaired) electrons. The number of hydrogen-bond donors (Lipinski definition) is 1. The minimum absolute atomic E-state index is 0.0959. The Bertz CT molecular complexity index is 674. The Labute approximate surface area is 153 Å². The number of likely N-dealkylation sites (N-methyl/N-ethyl adjacent to an activating group) is 1. The quantitative estimate of drug-likeness (QED) is 0.656. The SMILES string of the molecule is Cc1ccc([C@@](O)(C(=O)O[C@@H]2CC[N+](C)(C)C2)[C@@H]2CCC(F)(F)C2)cc1. The van der Waals surface area contributed by atoms with Crippen LogP contribution in [0.4, 0.5) is 8.78 Å². The van der Waals surface area contributed by atoms with Crippen LogP contribution in [0, 0.1) is 12.8 Å². The molecule has 0 spiro atoms. The summed E-state index contributed by atoms with van der Waals surface area (Å²) in [6.45, 7) is 3.43. The highest BCUT2D eigenvalue weighted by Gasteiger charge is 2.55. The molecule has 2 fully saturated rings. The Morgan fingerprint density at radius 1 is 1.27 bits per heavy atom. The van der Waals surface area contributed by atoms with Crippen LogP contribution in [-0.4, -0.2) is 54.8 Å². The van der Waals surface area contributed by atoms with E-state index in [1.165, 1.54) is 0 Å². The van der Waals surface area contributed by atoms with Crippen molar-refractivity contribution in [1.29, 1.82) is 0 Å². The summed E-state index contributed by atoms with van der Waals surface area (Å²) in [4.78, 5) is 13.0. The second-order valence-corrected chi connectivity index (χ2v) is 8.59. The summed E-state index contributed by atoms with van der Waals surface area (Å²) in [5.74, 6) is -4.50. The van der Waals surface area contributed by atoms with Gasteiger partial charge >= 0.3 is 5.97 Å². The molecule has 1 aromatic rings. The van der Waals surface area contributed by atoms with E-state index in [9.17, 15) is 18.7 Å². The summed E-state index contributed by atoms with van der Waals surface area (Å²) in [6.07, 6.45) is -0.302. The van der Waals surface area contributed by atoms with Crippen molar-refractivity contribution in [3.63, 3.8) is 0 Å². The van der Waals surface area contributed by atoms with Gasteiger partial charge in [-0.1, -0.05) is 29.8 Å². The molecule has 1 saturated carbocycles. The number of hydrogen-bond acceptors (Lipinski definition) is 3. The van der Waals surface area contributed by atoms with Crippen molar-refractivity contribution in [1.82, 2.24) is 0 Å². The largest absolute Gasteiger partial charge is 0.454 e. The maximum atomic E-state index is 13.8. The van der Waals surface area contributed by atoms with Crippen LogP contribution in [0.25, 0.3) is 0 Å². The van der Waals surface area contributed by atoms with Crippen LogP contribution >= 0.6 is 0 Å². The first kappa shape index (κ1) is 19.2. The first-order valence-corrected chi connectivity index (χ1v) is 9.22. The molecule has 0 aromatic heterocycles. The van der Waals surface area contributed by atoms with Crippen molar-refractivity contribution in [3.05, 3.63) is 35.4 Å². The van der Waals surface area contributed by atoms with Crippen LogP contribution in [0.1, 0.15) is 36.8 Å². The molecule has 1 aromatic carbocycles. The molecule has 0 amide bonds. The third-order valence-corrected chi connectivity index (χ3v) is 5.83. The van der Waals surface area contributed by atoms with Gasteiger partial charge in [-0.05, 0) is 18.9 Å². The van der Waals surface area contributed by atoms with Gasteiger partial charge < -0.3 is 14.3 Å². The first-order valence-electron chi connectivity index (χ1n) is 9.22. The zero-order chi connectivity index (χ0) is 19.2. The van der Waals surface area contributed by atoms with E-state index < -0.39 is 29.8 Å². The average molecular weight is 368 g/mol. The summed E-state index contributed by atoms with van der Waals surface area (Å²) in [7, 11) is 4.11. The predicted octanol–water partition coefficient (Wildman–Crippen LogP) is 3.01. The van der Waals surface area contributed by atoms with Gasteiger partial charge in [0.05, 0.1) is 20.6 Å². The molecule has 1 N–H and O–H groups in total. The van der Waals surface area contributed by atoms with Gasteiger partial charge in [0.2, 0.25) is 5.92 Å². The van der Waals surface area contributed by atoms with E-state index in [1.807, 2.05) is 6.92 Å². The normalized spacial score (nSPS) is 29.3. The maximum absolute atomic E-state index is 13.8. The molecule has 4 nitrogen and oxygen atoms in total. The molecule has 3 rings (SSSR count). The van der Waals surface area contributed by atoms with Crippen molar-refractivity contribution < 1.29 is 27.9 Å². The summed E-state index contributed by atoms with van der Waals surface area (Å²) < 4.78 is 34.0. The maximum Gasteiger partial charge on any atom is 0.343 e. The fourth-order valence-corrected chi connectivity index (χ4v) is 4.20. The molecule has 3 atom stereocenters. The van der Waals surface area contributed by atoms with Crippen LogP contribution in [0.2, 0.25) is 0 Å². The molecule has 144 valence electrons. The smallest absolute Gasteiger partial charge is 0.343 e. The minimum atomic E-state index is -2.85. The lowest BCUT2D eigenvalue weighted by Gasteiger charge is -2.33. The van der Waals surface area contributed by atoms with Crippen LogP contribution < -0.4 is 0 Å². The van der Waals surface area contributed by atoms with E-state index in [4.69, 9.17) is 4.74 Å². The van der Waals surface area contributed by atoms with Gasteiger partial charge in [0.1, 0.15) is 6.54 Å². The number of alkyl halides is 2. The Hall–Kier alpha value is -1.53. The number of halogens is 2. The van der Waals surface area contributed by atoms with Crippen molar-refractivity contribution in [2.45, 2.75) is 50.2 Å². The van der Waals surface area contributed by atoms with Gasteiger partial charge in [0, 0.05) is 25.2 Å². The molecule has 6 heteroatoms. The summed E-state index contributed by atoms with van der Waals surface area (Å²) in [5.41, 5.74) is -0.730. The summed E-state index contributed by atoms with van der Waals surface area (Å²) in [6, 6.07) is 6.83. The fraction of sp³-hybridized carbons (Fsp3) is 0.650. The molecule has 2 aliphatic rings. The lowest BCUT2D eigenvalue weighted by molar-refractivity contribution is -0.879. The van der Waals surface area contributed by atoms with Gasteiger partial charge in [0.15, 0.2) is 11.7 Å². The molecule has 0 unspecified atom stereocenters. The van der Waals surface area contributed by atoms with Crippen molar-refractivity contribution in [2.24, 2.45) is 5.92 Å². The number of rotatable bonds is 4. The minimum Gasteiger partial charge on any atom is -0.454 e. The number of aryl methyl sites for hydroxylation is 1. The van der Waals surface area contributed by atoms with Gasteiger partial charge in [0.25, 0.3) is 0 Å². The highest BCUT2D eigenvalue weighted by atomic mass is 19.3. The number of benzene rings is 1. The van der Waals surface area contributed by atoms with Gasteiger partial charge in [-0.3, -0.25) is 0 Å². The third-order valence-electron chi connectivity index (χ3n) is 5.83. The van der Waals surface area contributed by atoms with Gasteiger partial charge in [-0.2, -0.15) is 0 Å².